The summed E-state index contributed by atoms with van der Waals surface area (Å²) >= 11 is 0. The number of nitrogens with zero attached hydrogens (tertiary/aromatic N) is 2. The van der Waals surface area contributed by atoms with Crippen LogP contribution in [0.15, 0.2) is 47.4 Å². The van der Waals surface area contributed by atoms with E-state index in [4.69, 9.17) is 0 Å². The van der Waals surface area contributed by atoms with Crippen LogP contribution in [-0.4, -0.2) is 54.0 Å². The molecule has 0 spiro atoms. The molecule has 1 fully saturated rings. The highest BCUT2D eigenvalue weighted by Crippen LogP contribution is 2.31. The third-order valence-corrected chi connectivity index (χ3v) is 9.36. The van der Waals surface area contributed by atoms with Crippen LogP contribution in [0.3, 0.4) is 0 Å². The number of hydrogen-bond acceptors (Lipinski definition) is 6. The van der Waals surface area contributed by atoms with Crippen molar-refractivity contribution < 1.29 is 21.6 Å². The van der Waals surface area contributed by atoms with Gasteiger partial charge in [0.1, 0.15) is 0 Å². The molecule has 3 rings (SSSR count). The molecule has 1 heterocycles. The van der Waals surface area contributed by atoms with Crippen LogP contribution in [0, 0.1) is 12.8 Å². The van der Waals surface area contributed by atoms with E-state index in [0.29, 0.717) is 5.56 Å². The molecule has 2 unspecified atom stereocenters. The summed E-state index contributed by atoms with van der Waals surface area (Å²) < 4.78 is 54.3. The van der Waals surface area contributed by atoms with E-state index in [2.05, 4.69) is 11.6 Å². The Balaban J connectivity index is 1.83. The molecule has 2 aromatic rings. The van der Waals surface area contributed by atoms with Gasteiger partial charge in [-0.15, -0.1) is 0 Å². The third kappa shape index (κ3) is 5.29. The van der Waals surface area contributed by atoms with Gasteiger partial charge < -0.3 is 4.90 Å². The maximum absolute atomic E-state index is 13.1. The van der Waals surface area contributed by atoms with Crippen LogP contribution in [0.4, 0.5) is 5.69 Å². The van der Waals surface area contributed by atoms with Gasteiger partial charge in [-0.1, -0.05) is 38.1 Å². The largest absolute Gasteiger partial charge is 0.301 e. The van der Waals surface area contributed by atoms with Gasteiger partial charge in [-0.3, -0.25) is 4.79 Å². The summed E-state index contributed by atoms with van der Waals surface area (Å²) in [6.45, 7) is 5.39. The monoisotopic (exact) mass is 493 g/mol. The number of amides is 1. The van der Waals surface area contributed by atoms with Gasteiger partial charge in [0.25, 0.3) is 0 Å². The molecule has 0 bridgehead atoms. The number of hydrogen-bond donors (Lipinski definition) is 1. The lowest BCUT2D eigenvalue weighted by Gasteiger charge is -2.25. The van der Waals surface area contributed by atoms with Crippen LogP contribution < -0.4 is 9.03 Å². The molecule has 1 aliphatic heterocycles. The maximum atomic E-state index is 13.1. The fourth-order valence-corrected chi connectivity index (χ4v) is 7.06. The second-order valence-electron chi connectivity index (χ2n) is 8.66. The quantitative estimate of drug-likeness (QED) is 0.606. The topological polar surface area (TPSA) is 104 Å². The minimum absolute atomic E-state index is 0.0437. The normalized spacial score (nSPS) is 19.3. The van der Waals surface area contributed by atoms with Crippen LogP contribution in [-0.2, 0) is 31.3 Å². The molecule has 0 radical (unpaired) electrons. The minimum Gasteiger partial charge on any atom is -0.301 e. The summed E-state index contributed by atoms with van der Waals surface area (Å²) in [5.41, 5.74) is 2.72. The lowest BCUT2D eigenvalue weighted by Crippen LogP contribution is -2.35. The van der Waals surface area contributed by atoms with Crippen molar-refractivity contribution >= 4 is 31.6 Å². The fraction of sp³-hybridized carbons (Fsp3) is 0.435. The van der Waals surface area contributed by atoms with Gasteiger partial charge >= 0.3 is 0 Å². The number of carbonyl (C=O) groups excluding carboxylic acids is 1. The molecule has 0 saturated carbocycles. The van der Waals surface area contributed by atoms with Crippen molar-refractivity contribution in [3.8, 4) is 0 Å². The molecule has 1 aliphatic rings. The van der Waals surface area contributed by atoms with Crippen LogP contribution in [0.5, 0.6) is 0 Å². The Bertz CT molecular complexity index is 1240. The Morgan fingerprint density at radius 2 is 1.79 bits per heavy atom. The van der Waals surface area contributed by atoms with Crippen LogP contribution >= 0.6 is 0 Å². The summed E-state index contributed by atoms with van der Waals surface area (Å²) in [6, 6.07) is 12.1. The zero-order valence-corrected chi connectivity index (χ0v) is 21.2. The summed E-state index contributed by atoms with van der Waals surface area (Å²) in [5, 5.41) is 0. The number of benzene rings is 2. The highest BCUT2D eigenvalue weighted by atomic mass is 32.2. The number of rotatable bonds is 8. The van der Waals surface area contributed by atoms with Gasteiger partial charge in [0, 0.05) is 12.6 Å². The average molecular weight is 494 g/mol. The van der Waals surface area contributed by atoms with Gasteiger partial charge in [-0.05, 0) is 62.3 Å². The van der Waals surface area contributed by atoms with E-state index in [1.807, 2.05) is 43.3 Å². The summed E-state index contributed by atoms with van der Waals surface area (Å²) in [5.74, 6) is -1.39. The van der Waals surface area contributed by atoms with Crippen LogP contribution in [0.1, 0.15) is 36.6 Å². The Labute approximate surface area is 196 Å². The highest BCUT2D eigenvalue weighted by Gasteiger charge is 2.42. The van der Waals surface area contributed by atoms with E-state index in [0.717, 1.165) is 16.3 Å². The zero-order chi connectivity index (χ0) is 24.6. The van der Waals surface area contributed by atoms with Crippen molar-refractivity contribution in [2.45, 2.75) is 38.1 Å². The average Bonchev–Trinajstić information content (AvgIpc) is 2.94. The van der Waals surface area contributed by atoms with Gasteiger partial charge in [-0.2, -0.15) is 0 Å². The molecule has 0 aromatic heterocycles. The first-order valence-electron chi connectivity index (χ1n) is 10.8. The number of likely N-dealkylation sites (N-methyl/N-ethyl adjacent to an activating group) is 1. The number of carbonyl (C=O) groups is 1. The second kappa shape index (κ2) is 9.54. The van der Waals surface area contributed by atoms with E-state index in [1.54, 1.807) is 13.8 Å². The lowest BCUT2D eigenvalue weighted by molar-refractivity contribution is -0.119. The van der Waals surface area contributed by atoms with E-state index < -0.39 is 31.9 Å². The molecular formula is C23H31N3O5S2. The molecule has 33 heavy (non-hydrogen) atoms. The number of nitrogens with one attached hydrogen (secondary N) is 1. The zero-order valence-electron chi connectivity index (χ0n) is 19.6. The van der Waals surface area contributed by atoms with Crippen LogP contribution in [0.2, 0.25) is 0 Å². The molecule has 1 amide bonds. The number of sulfonamides is 2. The Hall–Kier alpha value is -2.27. The Morgan fingerprint density at radius 3 is 2.27 bits per heavy atom. The van der Waals surface area contributed by atoms with Crippen molar-refractivity contribution in [3.05, 3.63) is 59.2 Å². The van der Waals surface area contributed by atoms with Crippen molar-refractivity contribution in [3.63, 3.8) is 0 Å². The molecule has 1 N–H and O–H groups in total. The van der Waals surface area contributed by atoms with Crippen molar-refractivity contribution in [2.24, 2.45) is 5.92 Å². The molecule has 10 heteroatoms. The first-order chi connectivity index (χ1) is 15.4. The smallest absolute Gasteiger partial charge is 0.244 e. The highest BCUT2D eigenvalue weighted by molar-refractivity contribution is 7.94. The predicted molar refractivity (Wildman–Crippen MR) is 129 cm³/mol. The van der Waals surface area contributed by atoms with E-state index in [9.17, 15) is 21.6 Å². The standard InChI is InChI=1S/C23H31N3O5S2/c1-6-18-7-9-19(10-8-18)21(25(4)5)14-24-33(30,31)22-12-11-20(13-16(22)2)26-23(27)17(3)15-32(26,28)29/h7-13,17,21,24H,6,14-15H2,1-5H3. The summed E-state index contributed by atoms with van der Waals surface area (Å²) in [6.07, 6.45) is 0.929. The molecule has 0 aliphatic carbocycles. The van der Waals surface area contributed by atoms with Crippen molar-refractivity contribution in [1.82, 2.24) is 9.62 Å². The third-order valence-electron chi connectivity index (χ3n) is 5.91. The first-order valence-corrected chi connectivity index (χ1v) is 13.9. The number of anilines is 1. The maximum Gasteiger partial charge on any atom is 0.244 e. The van der Waals surface area contributed by atoms with Gasteiger partial charge in [0.15, 0.2) is 0 Å². The SMILES string of the molecule is CCc1ccc(C(CNS(=O)(=O)c2ccc(N3C(=O)C(C)CS3(=O)=O)cc2C)N(C)C)cc1. The van der Waals surface area contributed by atoms with Gasteiger partial charge in [0.2, 0.25) is 26.0 Å². The lowest BCUT2D eigenvalue weighted by atomic mass is 10.0. The first kappa shape index (κ1) is 25.4. The fourth-order valence-electron chi connectivity index (χ4n) is 3.99. The van der Waals surface area contributed by atoms with E-state index >= 15 is 0 Å². The number of aryl methyl sites for hydroxylation is 2. The molecule has 180 valence electrons. The molecule has 8 nitrogen and oxygen atoms in total. The predicted octanol–water partition coefficient (Wildman–Crippen LogP) is 2.45. The van der Waals surface area contributed by atoms with Gasteiger partial charge in [-0.25, -0.2) is 25.9 Å². The molecule has 2 atom stereocenters. The van der Waals surface area contributed by atoms with E-state index in [1.165, 1.54) is 23.8 Å². The Kier molecular flexibility index (Phi) is 7.33. The van der Waals surface area contributed by atoms with Crippen LogP contribution in [0.25, 0.3) is 0 Å². The minimum atomic E-state index is -3.86. The molecule has 1 saturated heterocycles. The summed E-state index contributed by atoms with van der Waals surface area (Å²) in [7, 11) is -3.84. The van der Waals surface area contributed by atoms with Gasteiger partial charge in [0.05, 0.1) is 22.3 Å². The van der Waals surface area contributed by atoms with Crippen molar-refractivity contribution in [2.75, 3.05) is 30.7 Å². The van der Waals surface area contributed by atoms with Crippen molar-refractivity contribution in [1.29, 1.82) is 0 Å². The second-order valence-corrected chi connectivity index (χ2v) is 12.3. The Morgan fingerprint density at radius 1 is 1.15 bits per heavy atom. The molecular weight excluding hydrogens is 462 g/mol. The summed E-state index contributed by atoms with van der Waals surface area (Å²) in [4.78, 5) is 14.3. The van der Waals surface area contributed by atoms with E-state index in [-0.39, 0.29) is 28.9 Å². The molecule has 2 aromatic carbocycles.